The van der Waals surface area contributed by atoms with Gasteiger partial charge in [-0.05, 0) is 50.1 Å². The van der Waals surface area contributed by atoms with E-state index in [1.165, 1.54) is 12.8 Å². The van der Waals surface area contributed by atoms with Crippen LogP contribution in [0.15, 0.2) is 29.9 Å². The third-order valence-electron chi connectivity index (χ3n) is 6.14. The van der Waals surface area contributed by atoms with Gasteiger partial charge in [-0.1, -0.05) is 5.92 Å². The number of hydrogen-bond acceptors (Lipinski definition) is 7. The summed E-state index contributed by atoms with van der Waals surface area (Å²) in [7, 11) is 0. The molecule has 4 aromatic heterocycles. The van der Waals surface area contributed by atoms with Crippen LogP contribution >= 0.6 is 11.3 Å². The Morgan fingerprint density at radius 3 is 2.78 bits per heavy atom. The van der Waals surface area contributed by atoms with E-state index in [0.29, 0.717) is 11.7 Å². The number of thiophene rings is 1. The Balaban J connectivity index is 1.52. The summed E-state index contributed by atoms with van der Waals surface area (Å²) in [6.07, 6.45) is 6.73. The Labute approximate surface area is 189 Å². The highest BCUT2D eigenvalue weighted by Gasteiger charge is 2.39. The molecule has 8 heteroatoms. The summed E-state index contributed by atoms with van der Waals surface area (Å²) in [5, 5.41) is 13.1. The summed E-state index contributed by atoms with van der Waals surface area (Å²) in [5.74, 6) is 6.14. The topological polar surface area (TPSA) is 93.1 Å². The summed E-state index contributed by atoms with van der Waals surface area (Å²) in [4.78, 5) is 16.2. The Kier molecular flexibility index (Phi) is 4.31. The van der Waals surface area contributed by atoms with E-state index in [1.54, 1.807) is 25.2 Å². The molecule has 1 aliphatic heterocycles. The van der Waals surface area contributed by atoms with Crippen molar-refractivity contribution in [3.05, 3.63) is 35.6 Å². The molecule has 0 aromatic carbocycles. The van der Waals surface area contributed by atoms with Gasteiger partial charge in [0.2, 0.25) is 5.95 Å². The minimum absolute atomic E-state index is 0.270. The van der Waals surface area contributed by atoms with E-state index in [9.17, 15) is 5.11 Å². The number of hydrogen-bond donors (Lipinski definition) is 2. The van der Waals surface area contributed by atoms with Crippen LogP contribution in [0, 0.1) is 11.8 Å². The maximum atomic E-state index is 10.0. The molecule has 1 saturated heterocycles. The normalized spacial score (nSPS) is 17.5. The Bertz CT molecular complexity index is 1410. The zero-order valence-electron chi connectivity index (χ0n) is 18.0. The van der Waals surface area contributed by atoms with Crippen LogP contribution in [0.1, 0.15) is 38.4 Å². The Morgan fingerprint density at radius 2 is 2.03 bits per heavy atom. The van der Waals surface area contributed by atoms with E-state index in [0.717, 1.165) is 51.5 Å². The van der Waals surface area contributed by atoms with Gasteiger partial charge in [0.05, 0.1) is 33.7 Å². The van der Waals surface area contributed by atoms with Crippen LogP contribution in [0.5, 0.6) is 0 Å². The van der Waals surface area contributed by atoms with Gasteiger partial charge in [-0.25, -0.2) is 15.0 Å². The lowest BCUT2D eigenvalue weighted by atomic mass is 10.1. The second-order valence-electron chi connectivity index (χ2n) is 9.25. The van der Waals surface area contributed by atoms with Crippen LogP contribution in [0.3, 0.4) is 0 Å². The van der Waals surface area contributed by atoms with E-state index in [4.69, 9.17) is 5.73 Å². The molecule has 0 spiro atoms. The van der Waals surface area contributed by atoms with E-state index in [1.807, 2.05) is 23.7 Å². The standard InChI is InChI=1S/C24H24N6OS/c1-24(2,31)7-5-14-9-17-18(21-22-19(6-8-32-22)27-23(25)28-21)13-30(20(17)10-26-14)16-11-29(12-16)15-3-4-15/h6,8-10,13,15-16,31H,3-4,11-12H2,1-2H3,(H2,25,27,28). The van der Waals surface area contributed by atoms with Gasteiger partial charge in [-0.2, -0.15) is 0 Å². The zero-order chi connectivity index (χ0) is 22.0. The maximum Gasteiger partial charge on any atom is 0.221 e. The number of anilines is 1. The molecule has 0 bridgehead atoms. The van der Waals surface area contributed by atoms with Crippen molar-refractivity contribution >= 4 is 38.4 Å². The number of nitrogen functional groups attached to an aromatic ring is 1. The molecule has 0 radical (unpaired) electrons. The number of fused-ring (bicyclic) bond motifs is 2. The summed E-state index contributed by atoms with van der Waals surface area (Å²) < 4.78 is 3.36. The highest BCUT2D eigenvalue weighted by molar-refractivity contribution is 7.17. The molecule has 7 nitrogen and oxygen atoms in total. The number of likely N-dealkylation sites (tertiary alicyclic amines) is 1. The van der Waals surface area contributed by atoms with Gasteiger partial charge in [0.1, 0.15) is 11.3 Å². The molecule has 0 amide bonds. The van der Waals surface area contributed by atoms with Crippen molar-refractivity contribution in [3.63, 3.8) is 0 Å². The third kappa shape index (κ3) is 3.43. The molecule has 1 aliphatic carbocycles. The van der Waals surface area contributed by atoms with E-state index in [2.05, 4.69) is 42.5 Å². The summed E-state index contributed by atoms with van der Waals surface area (Å²) in [6, 6.07) is 5.17. The van der Waals surface area contributed by atoms with Crippen molar-refractivity contribution in [1.29, 1.82) is 0 Å². The van der Waals surface area contributed by atoms with Gasteiger partial charge in [0.15, 0.2) is 0 Å². The van der Waals surface area contributed by atoms with Crippen molar-refractivity contribution in [2.24, 2.45) is 0 Å². The van der Waals surface area contributed by atoms with Gasteiger partial charge in [-0.15, -0.1) is 11.3 Å². The summed E-state index contributed by atoms with van der Waals surface area (Å²) in [5.41, 5.74) is 9.39. The molecule has 0 atom stereocenters. The smallest absolute Gasteiger partial charge is 0.221 e. The van der Waals surface area contributed by atoms with Gasteiger partial charge in [-0.3, -0.25) is 4.90 Å². The largest absolute Gasteiger partial charge is 0.378 e. The Hall–Kier alpha value is -2.99. The Morgan fingerprint density at radius 1 is 1.22 bits per heavy atom. The molecule has 32 heavy (non-hydrogen) atoms. The number of aliphatic hydroxyl groups is 1. The number of nitrogens with two attached hydrogens (primary N) is 1. The SMILES string of the molecule is CC(C)(O)C#Cc1cc2c(-c3nc(N)nc4ccsc34)cn(C3CN(C4CC4)C3)c2cn1. The fraction of sp³-hybridized carbons (Fsp3) is 0.375. The van der Waals surface area contributed by atoms with Crippen LogP contribution in [-0.4, -0.2) is 54.3 Å². The lowest BCUT2D eigenvalue weighted by molar-refractivity contribution is 0.101. The van der Waals surface area contributed by atoms with E-state index in [-0.39, 0.29) is 5.95 Å². The van der Waals surface area contributed by atoms with Gasteiger partial charge in [0, 0.05) is 36.3 Å². The van der Waals surface area contributed by atoms with Crippen molar-refractivity contribution in [2.45, 2.75) is 44.4 Å². The number of pyridine rings is 1. The molecule has 6 rings (SSSR count). The van der Waals surface area contributed by atoms with Crippen molar-refractivity contribution in [3.8, 4) is 23.1 Å². The van der Waals surface area contributed by atoms with Crippen molar-refractivity contribution in [1.82, 2.24) is 24.4 Å². The number of rotatable bonds is 3. The van der Waals surface area contributed by atoms with Gasteiger partial charge in [0.25, 0.3) is 0 Å². The molecule has 4 aromatic rings. The third-order valence-corrected chi connectivity index (χ3v) is 7.05. The highest BCUT2D eigenvalue weighted by Crippen LogP contribution is 2.40. The minimum atomic E-state index is -1.08. The second-order valence-corrected chi connectivity index (χ2v) is 10.2. The number of aromatic nitrogens is 4. The van der Waals surface area contributed by atoms with Crippen molar-refractivity contribution in [2.75, 3.05) is 18.8 Å². The molecule has 3 N–H and O–H groups in total. The highest BCUT2D eigenvalue weighted by atomic mass is 32.1. The molecule has 2 aliphatic rings. The molecule has 0 unspecified atom stereocenters. The fourth-order valence-electron chi connectivity index (χ4n) is 4.39. The molecule has 5 heterocycles. The van der Waals surface area contributed by atoms with Crippen LogP contribution in [-0.2, 0) is 0 Å². The fourth-order valence-corrected chi connectivity index (χ4v) is 5.22. The predicted octanol–water partition coefficient (Wildman–Crippen LogP) is 3.43. The second kappa shape index (κ2) is 7.01. The van der Waals surface area contributed by atoms with Crippen molar-refractivity contribution < 1.29 is 5.11 Å². The lowest BCUT2D eigenvalue weighted by Crippen LogP contribution is -2.48. The summed E-state index contributed by atoms with van der Waals surface area (Å²) in [6.45, 7) is 5.46. The quantitative estimate of drug-likeness (QED) is 0.470. The maximum absolute atomic E-state index is 10.0. The van der Waals surface area contributed by atoms with E-state index >= 15 is 0 Å². The van der Waals surface area contributed by atoms with Crippen LogP contribution in [0.25, 0.3) is 32.4 Å². The van der Waals surface area contributed by atoms with Crippen LogP contribution in [0.4, 0.5) is 5.95 Å². The van der Waals surface area contributed by atoms with Crippen LogP contribution in [0.2, 0.25) is 0 Å². The lowest BCUT2D eigenvalue weighted by Gasteiger charge is -2.40. The average Bonchev–Trinajstić information content (AvgIpc) is 3.30. The molecular formula is C24H24N6OS. The van der Waals surface area contributed by atoms with Gasteiger partial charge < -0.3 is 15.4 Å². The van der Waals surface area contributed by atoms with Gasteiger partial charge >= 0.3 is 0 Å². The first kappa shape index (κ1) is 19.7. The average molecular weight is 445 g/mol. The summed E-state index contributed by atoms with van der Waals surface area (Å²) >= 11 is 1.62. The molecule has 1 saturated carbocycles. The minimum Gasteiger partial charge on any atom is -0.378 e. The molecule has 2 fully saturated rings. The van der Waals surface area contributed by atoms with E-state index < -0.39 is 5.60 Å². The number of nitrogens with zero attached hydrogens (tertiary/aromatic N) is 5. The zero-order valence-corrected chi connectivity index (χ0v) is 18.9. The monoisotopic (exact) mass is 444 g/mol. The first-order valence-corrected chi connectivity index (χ1v) is 11.7. The first-order valence-electron chi connectivity index (χ1n) is 10.9. The predicted molar refractivity (Wildman–Crippen MR) is 127 cm³/mol. The first-order chi connectivity index (χ1) is 15.4. The molecular weight excluding hydrogens is 420 g/mol. The van der Waals surface area contributed by atoms with Crippen LogP contribution < -0.4 is 5.73 Å². The molecule has 162 valence electrons.